The summed E-state index contributed by atoms with van der Waals surface area (Å²) < 4.78 is 13.1. The van der Waals surface area contributed by atoms with E-state index < -0.39 is 0 Å². The number of anilines is 1. The summed E-state index contributed by atoms with van der Waals surface area (Å²) in [5, 5.41) is 5.64. The molecule has 0 atom stereocenters. The zero-order valence-electron chi connectivity index (χ0n) is 14.1. The SMILES string of the molecule is Cc1sc(NC(=O)c2csc(-c3ccccn3)n2)nc1-c1ccc(F)cc1. The topological polar surface area (TPSA) is 67.8 Å². The first-order chi connectivity index (χ1) is 13.1. The molecule has 5 nitrogen and oxygen atoms in total. The Balaban J connectivity index is 1.53. The van der Waals surface area contributed by atoms with Gasteiger partial charge in [-0.3, -0.25) is 15.1 Å². The molecule has 1 amide bonds. The molecular formula is C19H13FN4OS2. The van der Waals surface area contributed by atoms with E-state index in [2.05, 4.69) is 20.3 Å². The quantitative estimate of drug-likeness (QED) is 0.525. The minimum atomic E-state index is -0.326. The molecule has 0 saturated heterocycles. The van der Waals surface area contributed by atoms with Crippen LogP contribution in [0.5, 0.6) is 0 Å². The summed E-state index contributed by atoms with van der Waals surface area (Å²) in [7, 11) is 0. The number of hydrogen-bond acceptors (Lipinski definition) is 6. The van der Waals surface area contributed by atoms with Crippen LogP contribution in [0.15, 0.2) is 54.0 Å². The number of nitrogens with zero attached hydrogens (tertiary/aromatic N) is 3. The van der Waals surface area contributed by atoms with Crippen molar-refractivity contribution < 1.29 is 9.18 Å². The van der Waals surface area contributed by atoms with Gasteiger partial charge in [-0.2, -0.15) is 0 Å². The normalized spacial score (nSPS) is 10.7. The van der Waals surface area contributed by atoms with Gasteiger partial charge in [0.05, 0.1) is 11.4 Å². The summed E-state index contributed by atoms with van der Waals surface area (Å²) in [6.07, 6.45) is 1.69. The van der Waals surface area contributed by atoms with E-state index in [1.807, 2.05) is 25.1 Å². The molecule has 0 aliphatic heterocycles. The molecule has 0 aliphatic rings. The van der Waals surface area contributed by atoms with E-state index in [0.717, 1.165) is 21.8 Å². The molecule has 0 aliphatic carbocycles. The number of carbonyl (C=O) groups is 1. The van der Waals surface area contributed by atoms with E-state index in [1.165, 1.54) is 34.8 Å². The number of hydrogen-bond donors (Lipinski definition) is 1. The number of pyridine rings is 1. The van der Waals surface area contributed by atoms with Crippen molar-refractivity contribution in [3.05, 3.63) is 70.4 Å². The van der Waals surface area contributed by atoms with Crippen LogP contribution >= 0.6 is 22.7 Å². The van der Waals surface area contributed by atoms with Gasteiger partial charge in [-0.15, -0.1) is 22.7 Å². The third-order valence-electron chi connectivity index (χ3n) is 3.76. The summed E-state index contributed by atoms with van der Waals surface area (Å²) in [6.45, 7) is 1.91. The number of aryl methyl sites for hydroxylation is 1. The lowest BCUT2D eigenvalue weighted by Crippen LogP contribution is -2.12. The minimum Gasteiger partial charge on any atom is -0.296 e. The average Bonchev–Trinajstić information content (AvgIpc) is 3.30. The van der Waals surface area contributed by atoms with Crippen LogP contribution in [0.25, 0.3) is 22.0 Å². The minimum absolute atomic E-state index is 0.299. The maximum Gasteiger partial charge on any atom is 0.276 e. The average molecular weight is 396 g/mol. The maximum atomic E-state index is 13.1. The number of amides is 1. The Bertz CT molecular complexity index is 1090. The van der Waals surface area contributed by atoms with E-state index in [-0.39, 0.29) is 11.7 Å². The standard InChI is InChI=1S/C19H13FN4OS2/c1-11-16(12-5-7-13(20)8-6-12)23-19(27-11)24-17(25)15-10-26-18(22-15)14-4-2-3-9-21-14/h2-10H,1H3,(H,23,24,25). The number of aromatic nitrogens is 3. The van der Waals surface area contributed by atoms with Crippen molar-refractivity contribution in [3.63, 3.8) is 0 Å². The van der Waals surface area contributed by atoms with Crippen LogP contribution in [-0.2, 0) is 0 Å². The first-order valence-corrected chi connectivity index (χ1v) is 9.71. The molecule has 4 aromatic rings. The number of thiazole rings is 2. The summed E-state index contributed by atoms with van der Waals surface area (Å²) in [5.74, 6) is -0.625. The van der Waals surface area contributed by atoms with Gasteiger partial charge in [0.25, 0.3) is 5.91 Å². The van der Waals surface area contributed by atoms with Gasteiger partial charge in [-0.25, -0.2) is 14.4 Å². The fraction of sp³-hybridized carbons (Fsp3) is 0.0526. The molecule has 1 aromatic carbocycles. The summed E-state index contributed by atoms with van der Waals surface area (Å²) in [5.41, 5.74) is 2.57. The van der Waals surface area contributed by atoms with Crippen LogP contribution < -0.4 is 5.32 Å². The number of halogens is 1. The summed E-state index contributed by atoms with van der Waals surface area (Å²) in [4.78, 5) is 26.5. The molecule has 0 bridgehead atoms. The van der Waals surface area contributed by atoms with Gasteiger partial charge < -0.3 is 0 Å². The Labute approximate surface area is 162 Å². The van der Waals surface area contributed by atoms with E-state index >= 15 is 0 Å². The summed E-state index contributed by atoms with van der Waals surface area (Å²) >= 11 is 2.73. The van der Waals surface area contributed by atoms with Gasteiger partial charge in [-0.05, 0) is 43.3 Å². The zero-order chi connectivity index (χ0) is 18.8. The van der Waals surface area contributed by atoms with Gasteiger partial charge in [0, 0.05) is 22.0 Å². The van der Waals surface area contributed by atoms with Crippen molar-refractivity contribution >= 4 is 33.7 Å². The monoisotopic (exact) mass is 396 g/mol. The number of nitrogens with one attached hydrogen (secondary N) is 1. The first kappa shape index (κ1) is 17.4. The van der Waals surface area contributed by atoms with Crippen LogP contribution in [0.1, 0.15) is 15.4 Å². The second kappa shape index (κ2) is 7.34. The predicted octanol–water partition coefficient (Wildman–Crippen LogP) is 5.03. The van der Waals surface area contributed by atoms with Gasteiger partial charge in [0.1, 0.15) is 16.5 Å². The van der Waals surface area contributed by atoms with E-state index in [1.54, 1.807) is 23.7 Å². The molecule has 0 fully saturated rings. The Kier molecular flexibility index (Phi) is 4.74. The number of carbonyl (C=O) groups excluding carboxylic acids is 1. The third kappa shape index (κ3) is 3.76. The predicted molar refractivity (Wildman–Crippen MR) is 106 cm³/mol. The second-order valence-electron chi connectivity index (χ2n) is 5.64. The van der Waals surface area contributed by atoms with Crippen molar-refractivity contribution in [2.24, 2.45) is 0 Å². The Hall–Kier alpha value is -2.97. The first-order valence-electron chi connectivity index (χ1n) is 8.02. The fourth-order valence-corrected chi connectivity index (χ4v) is 4.08. The molecular weight excluding hydrogens is 383 g/mol. The fourth-order valence-electron chi connectivity index (χ4n) is 2.47. The van der Waals surface area contributed by atoms with Gasteiger partial charge in [-0.1, -0.05) is 6.07 Å². The Morgan fingerprint density at radius 2 is 1.93 bits per heavy atom. The highest BCUT2D eigenvalue weighted by Gasteiger charge is 2.16. The van der Waals surface area contributed by atoms with Crippen LogP contribution in [0.3, 0.4) is 0 Å². The zero-order valence-corrected chi connectivity index (χ0v) is 15.8. The molecule has 4 rings (SSSR count). The Morgan fingerprint density at radius 1 is 1.11 bits per heavy atom. The second-order valence-corrected chi connectivity index (χ2v) is 7.70. The van der Waals surface area contributed by atoms with Crippen molar-refractivity contribution in [2.75, 3.05) is 5.32 Å². The van der Waals surface area contributed by atoms with Crippen molar-refractivity contribution in [3.8, 4) is 22.0 Å². The van der Waals surface area contributed by atoms with Crippen LogP contribution in [0.2, 0.25) is 0 Å². The van der Waals surface area contributed by atoms with Crippen molar-refractivity contribution in [1.29, 1.82) is 0 Å². The highest BCUT2D eigenvalue weighted by molar-refractivity contribution is 7.16. The maximum absolute atomic E-state index is 13.1. The van der Waals surface area contributed by atoms with Crippen LogP contribution in [0, 0.1) is 12.7 Å². The van der Waals surface area contributed by atoms with Gasteiger partial charge in [0.15, 0.2) is 5.13 Å². The van der Waals surface area contributed by atoms with E-state index in [4.69, 9.17) is 0 Å². The van der Waals surface area contributed by atoms with Crippen LogP contribution in [0.4, 0.5) is 9.52 Å². The lowest BCUT2D eigenvalue weighted by molar-refractivity contribution is 0.102. The highest BCUT2D eigenvalue weighted by Crippen LogP contribution is 2.31. The number of rotatable bonds is 4. The lowest BCUT2D eigenvalue weighted by atomic mass is 10.1. The molecule has 134 valence electrons. The smallest absolute Gasteiger partial charge is 0.276 e. The van der Waals surface area contributed by atoms with Crippen molar-refractivity contribution in [1.82, 2.24) is 15.0 Å². The molecule has 27 heavy (non-hydrogen) atoms. The third-order valence-corrected chi connectivity index (χ3v) is 5.51. The molecule has 0 saturated carbocycles. The molecule has 0 radical (unpaired) electrons. The molecule has 3 heterocycles. The summed E-state index contributed by atoms with van der Waals surface area (Å²) in [6, 6.07) is 11.7. The number of benzene rings is 1. The van der Waals surface area contributed by atoms with E-state index in [0.29, 0.717) is 15.8 Å². The lowest BCUT2D eigenvalue weighted by Gasteiger charge is -1.99. The molecule has 0 spiro atoms. The largest absolute Gasteiger partial charge is 0.296 e. The van der Waals surface area contributed by atoms with Crippen LogP contribution in [-0.4, -0.2) is 20.9 Å². The molecule has 8 heteroatoms. The van der Waals surface area contributed by atoms with Crippen molar-refractivity contribution in [2.45, 2.75) is 6.92 Å². The Morgan fingerprint density at radius 3 is 2.67 bits per heavy atom. The highest BCUT2D eigenvalue weighted by atomic mass is 32.1. The van der Waals surface area contributed by atoms with E-state index in [9.17, 15) is 9.18 Å². The molecule has 1 N–H and O–H groups in total. The molecule has 3 aromatic heterocycles. The van der Waals surface area contributed by atoms with Gasteiger partial charge in [0.2, 0.25) is 0 Å². The van der Waals surface area contributed by atoms with Gasteiger partial charge >= 0.3 is 0 Å². The molecule has 0 unspecified atom stereocenters.